The first-order chi connectivity index (χ1) is 7.58. The van der Waals surface area contributed by atoms with Crippen molar-refractivity contribution in [2.24, 2.45) is 0 Å². The number of aliphatic hydroxyl groups excluding tert-OH is 1. The quantitative estimate of drug-likeness (QED) is 0.612. The van der Waals surface area contributed by atoms with Gasteiger partial charge in [-0.3, -0.25) is 10.1 Å². The van der Waals surface area contributed by atoms with Gasteiger partial charge in [-0.25, -0.2) is 0 Å². The Labute approximate surface area is 93.8 Å². The highest BCUT2D eigenvalue weighted by atomic mass is 16.6. The number of rotatable bonds is 5. The molecule has 0 unspecified atom stereocenters. The van der Waals surface area contributed by atoms with Gasteiger partial charge in [0, 0.05) is 12.0 Å². The Morgan fingerprint density at radius 3 is 2.69 bits per heavy atom. The van der Waals surface area contributed by atoms with Crippen molar-refractivity contribution in [3.8, 4) is 5.75 Å². The van der Waals surface area contributed by atoms with Gasteiger partial charge in [-0.1, -0.05) is 6.92 Å². The molecule has 0 spiro atoms. The van der Waals surface area contributed by atoms with E-state index in [0.29, 0.717) is 23.8 Å². The summed E-state index contributed by atoms with van der Waals surface area (Å²) in [6.07, 6.45) is 0. The zero-order valence-corrected chi connectivity index (χ0v) is 9.27. The van der Waals surface area contributed by atoms with Gasteiger partial charge in [0.25, 0.3) is 5.69 Å². The fraction of sp³-hybridized carbons (Fsp3) is 0.364. The van der Waals surface area contributed by atoms with Crippen LogP contribution in [-0.2, 0) is 0 Å². The van der Waals surface area contributed by atoms with Gasteiger partial charge < -0.3 is 9.84 Å². The first-order valence-electron chi connectivity index (χ1n) is 4.94. The number of hydrogen-bond acceptors (Lipinski definition) is 4. The number of ether oxygens (including phenoxy) is 1. The predicted molar refractivity (Wildman–Crippen MR) is 59.4 cm³/mol. The molecule has 0 amide bonds. The van der Waals surface area contributed by atoms with Crippen LogP contribution >= 0.6 is 0 Å². The van der Waals surface area contributed by atoms with Gasteiger partial charge >= 0.3 is 0 Å². The van der Waals surface area contributed by atoms with Crippen molar-refractivity contribution >= 4 is 5.69 Å². The summed E-state index contributed by atoms with van der Waals surface area (Å²) >= 11 is 0. The van der Waals surface area contributed by atoms with Crippen molar-refractivity contribution in [3.05, 3.63) is 39.8 Å². The van der Waals surface area contributed by atoms with Gasteiger partial charge in [-0.15, -0.1) is 0 Å². The molecule has 1 aromatic carbocycles. The molecule has 1 radical (unpaired) electrons. The molecule has 0 fully saturated rings. The lowest BCUT2D eigenvalue weighted by atomic mass is 10.0. The summed E-state index contributed by atoms with van der Waals surface area (Å²) in [5.41, 5.74) is 0.592. The van der Waals surface area contributed by atoms with Gasteiger partial charge in [-0.05, 0) is 18.6 Å². The summed E-state index contributed by atoms with van der Waals surface area (Å²) in [6.45, 7) is 3.83. The van der Waals surface area contributed by atoms with E-state index in [2.05, 4.69) is 0 Å². The molecule has 5 nitrogen and oxygen atoms in total. The lowest BCUT2D eigenvalue weighted by Gasteiger charge is -2.10. The lowest BCUT2D eigenvalue weighted by Crippen LogP contribution is -2.02. The van der Waals surface area contributed by atoms with Crippen LogP contribution in [0.2, 0.25) is 0 Å². The van der Waals surface area contributed by atoms with Gasteiger partial charge in [0.2, 0.25) is 0 Å². The smallest absolute Gasteiger partial charge is 0.273 e. The van der Waals surface area contributed by atoms with Crippen LogP contribution in [0.3, 0.4) is 0 Å². The molecule has 0 aliphatic rings. The van der Waals surface area contributed by atoms with E-state index in [4.69, 9.17) is 9.84 Å². The summed E-state index contributed by atoms with van der Waals surface area (Å²) in [6, 6.07) is 4.48. The first kappa shape index (κ1) is 12.4. The summed E-state index contributed by atoms with van der Waals surface area (Å²) in [4.78, 5) is 10.2. The number of hydrogen-bond donors (Lipinski definition) is 1. The molecule has 0 aromatic heterocycles. The number of nitro groups is 1. The maximum absolute atomic E-state index is 10.7. The molecule has 5 heteroatoms. The zero-order valence-electron chi connectivity index (χ0n) is 9.27. The van der Waals surface area contributed by atoms with E-state index < -0.39 is 4.92 Å². The van der Waals surface area contributed by atoms with Gasteiger partial charge in [0.15, 0.2) is 0 Å². The molecule has 0 atom stereocenters. The summed E-state index contributed by atoms with van der Waals surface area (Å²) in [5.74, 6) is 1.11. The van der Waals surface area contributed by atoms with Crippen LogP contribution < -0.4 is 4.74 Å². The van der Waals surface area contributed by atoms with E-state index in [0.717, 1.165) is 0 Å². The van der Waals surface area contributed by atoms with E-state index in [1.165, 1.54) is 12.1 Å². The Hall–Kier alpha value is -1.62. The van der Waals surface area contributed by atoms with Crippen LogP contribution in [0.1, 0.15) is 19.4 Å². The third-order valence-corrected chi connectivity index (χ3v) is 2.14. The van der Waals surface area contributed by atoms with Gasteiger partial charge in [0.05, 0.1) is 24.2 Å². The van der Waals surface area contributed by atoms with Crippen LogP contribution in [-0.4, -0.2) is 23.2 Å². The maximum Gasteiger partial charge on any atom is 0.273 e. The Morgan fingerprint density at radius 2 is 2.19 bits per heavy atom. The first-order valence-corrected chi connectivity index (χ1v) is 4.94. The fourth-order valence-corrected chi connectivity index (χ4v) is 1.28. The average molecular weight is 224 g/mol. The molecule has 1 N–H and O–H groups in total. The third-order valence-electron chi connectivity index (χ3n) is 2.14. The highest BCUT2D eigenvalue weighted by Gasteiger charge is 2.14. The topological polar surface area (TPSA) is 72.6 Å². The van der Waals surface area contributed by atoms with Crippen molar-refractivity contribution < 1.29 is 14.8 Å². The highest BCUT2D eigenvalue weighted by Crippen LogP contribution is 2.26. The van der Waals surface area contributed by atoms with E-state index in [1.807, 2.05) is 0 Å². The molecule has 1 aromatic rings. The summed E-state index contributed by atoms with van der Waals surface area (Å²) < 4.78 is 5.23. The molecule has 1 rings (SSSR count). The molecular weight excluding hydrogens is 210 g/mol. The fourth-order valence-electron chi connectivity index (χ4n) is 1.28. The number of nitrogens with zero attached hydrogens (tertiary/aromatic N) is 1. The van der Waals surface area contributed by atoms with Crippen LogP contribution in [0.25, 0.3) is 0 Å². The Morgan fingerprint density at radius 1 is 1.50 bits per heavy atom. The highest BCUT2D eigenvalue weighted by molar-refractivity contribution is 5.47. The van der Waals surface area contributed by atoms with Crippen molar-refractivity contribution in [2.75, 3.05) is 13.2 Å². The Kier molecular flexibility index (Phi) is 4.25. The maximum atomic E-state index is 10.7. The monoisotopic (exact) mass is 224 g/mol. The summed E-state index contributed by atoms with van der Waals surface area (Å²) in [5, 5.41) is 19.7. The SMILES string of the molecule is CCOc1cc([C](C)CO)cc([N+](=O)[O-])c1. The Balaban J connectivity index is 3.13. The molecule has 87 valence electrons. The largest absolute Gasteiger partial charge is 0.494 e. The molecule has 0 aliphatic heterocycles. The lowest BCUT2D eigenvalue weighted by molar-refractivity contribution is -0.385. The van der Waals surface area contributed by atoms with Crippen molar-refractivity contribution in [2.45, 2.75) is 13.8 Å². The standard InChI is InChI=1S/C11H14NO4/c1-3-16-11-5-9(8(2)7-13)4-10(6-11)12(14)15/h4-6,13H,3,7H2,1-2H3. The normalized spacial score (nSPS) is 10.5. The van der Waals surface area contributed by atoms with E-state index in [1.54, 1.807) is 19.9 Å². The van der Waals surface area contributed by atoms with Crippen molar-refractivity contribution in [1.82, 2.24) is 0 Å². The summed E-state index contributed by atoms with van der Waals surface area (Å²) in [7, 11) is 0. The molecular formula is C11H14NO4. The Bertz CT molecular complexity index is 378. The van der Waals surface area contributed by atoms with Crippen LogP contribution in [0.4, 0.5) is 5.69 Å². The van der Waals surface area contributed by atoms with Crippen molar-refractivity contribution in [1.29, 1.82) is 0 Å². The second-order valence-corrected chi connectivity index (χ2v) is 3.34. The van der Waals surface area contributed by atoms with Crippen LogP contribution in [0.5, 0.6) is 5.75 Å². The molecule has 0 bridgehead atoms. The minimum absolute atomic E-state index is 0.0336. The number of aliphatic hydroxyl groups is 1. The minimum atomic E-state index is -0.476. The molecule has 0 saturated heterocycles. The van der Waals surface area contributed by atoms with Crippen LogP contribution in [0.15, 0.2) is 18.2 Å². The predicted octanol–water partition coefficient (Wildman–Crippen LogP) is 1.93. The number of benzene rings is 1. The average Bonchev–Trinajstić information content (AvgIpc) is 2.28. The minimum Gasteiger partial charge on any atom is -0.494 e. The second-order valence-electron chi connectivity index (χ2n) is 3.34. The molecule has 0 aliphatic carbocycles. The molecule has 0 saturated carbocycles. The molecule has 0 heterocycles. The van der Waals surface area contributed by atoms with Gasteiger partial charge in [0.1, 0.15) is 5.75 Å². The van der Waals surface area contributed by atoms with E-state index in [-0.39, 0.29) is 12.3 Å². The zero-order chi connectivity index (χ0) is 12.1. The van der Waals surface area contributed by atoms with E-state index >= 15 is 0 Å². The van der Waals surface area contributed by atoms with Crippen LogP contribution in [0, 0.1) is 16.0 Å². The van der Waals surface area contributed by atoms with E-state index in [9.17, 15) is 10.1 Å². The number of non-ortho nitro benzene ring substituents is 1. The number of nitro benzene ring substituents is 1. The second kappa shape index (κ2) is 5.46. The third kappa shape index (κ3) is 2.93. The van der Waals surface area contributed by atoms with Crippen molar-refractivity contribution in [3.63, 3.8) is 0 Å². The molecule has 16 heavy (non-hydrogen) atoms. The van der Waals surface area contributed by atoms with Gasteiger partial charge in [-0.2, -0.15) is 0 Å².